The second kappa shape index (κ2) is 5.43. The van der Waals surface area contributed by atoms with E-state index in [0.717, 1.165) is 18.2 Å². The number of amides is 1. The van der Waals surface area contributed by atoms with Crippen molar-refractivity contribution < 1.29 is 32.3 Å². The van der Waals surface area contributed by atoms with Crippen LogP contribution in [-0.4, -0.2) is 30.3 Å². The Bertz CT molecular complexity index is 654. The molecule has 1 amide bonds. The number of nitrogens with zero attached hydrogens (tertiary/aromatic N) is 1. The molecule has 1 heterocycles. The van der Waals surface area contributed by atoms with Crippen molar-refractivity contribution in [3.8, 4) is 0 Å². The third-order valence-corrected chi connectivity index (χ3v) is 3.26. The Morgan fingerprint density at radius 2 is 1.95 bits per heavy atom. The highest BCUT2D eigenvalue weighted by Gasteiger charge is 2.47. The second-order valence-electron chi connectivity index (χ2n) is 4.63. The Labute approximate surface area is 123 Å². The maximum absolute atomic E-state index is 13.1. The summed E-state index contributed by atoms with van der Waals surface area (Å²) in [4.78, 5) is 36.2. The van der Waals surface area contributed by atoms with E-state index in [9.17, 15) is 27.6 Å². The number of carbonyl (C=O) groups excluding carboxylic acids is 3. The summed E-state index contributed by atoms with van der Waals surface area (Å²) >= 11 is 0. The summed E-state index contributed by atoms with van der Waals surface area (Å²) in [5.74, 6) is -3.13. The van der Waals surface area contributed by atoms with Gasteiger partial charge in [0.2, 0.25) is 0 Å². The van der Waals surface area contributed by atoms with E-state index in [-0.39, 0.29) is 12.2 Å². The summed E-state index contributed by atoms with van der Waals surface area (Å²) in [6.45, 7) is 2.75. The lowest BCUT2D eigenvalue weighted by Gasteiger charge is -2.25. The van der Waals surface area contributed by atoms with Crippen molar-refractivity contribution in [3.05, 3.63) is 29.3 Å². The predicted molar refractivity (Wildman–Crippen MR) is 69.4 cm³/mol. The van der Waals surface area contributed by atoms with Crippen molar-refractivity contribution in [2.75, 3.05) is 11.5 Å². The highest BCUT2D eigenvalue weighted by Crippen LogP contribution is 2.42. The summed E-state index contributed by atoms with van der Waals surface area (Å²) in [6.07, 6.45) is -4.76. The number of benzene rings is 1. The van der Waals surface area contributed by atoms with Gasteiger partial charge in [-0.1, -0.05) is 6.07 Å². The van der Waals surface area contributed by atoms with E-state index in [1.807, 2.05) is 0 Å². The maximum atomic E-state index is 13.1. The molecule has 22 heavy (non-hydrogen) atoms. The summed E-state index contributed by atoms with van der Waals surface area (Å²) in [5, 5.41) is 0. The maximum Gasteiger partial charge on any atom is 0.418 e. The van der Waals surface area contributed by atoms with Crippen molar-refractivity contribution in [1.29, 1.82) is 0 Å². The molecule has 0 saturated heterocycles. The lowest BCUT2D eigenvalue weighted by molar-refractivity contribution is -0.145. The first-order valence-electron chi connectivity index (χ1n) is 6.44. The first-order chi connectivity index (χ1) is 10.2. The van der Waals surface area contributed by atoms with Crippen LogP contribution in [0.25, 0.3) is 0 Å². The van der Waals surface area contributed by atoms with Gasteiger partial charge in [-0.05, 0) is 26.0 Å². The number of alkyl halides is 3. The van der Waals surface area contributed by atoms with E-state index in [1.165, 1.54) is 13.8 Å². The standard InChI is InChI=1S/C14H12F3NO4/c1-3-22-13(21)7(2)18-10-8(11(19)12(18)20)5-4-6-9(10)14(15,16)17/h4-7H,3H2,1-2H3. The third-order valence-electron chi connectivity index (χ3n) is 3.26. The molecule has 1 aromatic carbocycles. The minimum absolute atomic E-state index is 0.00687. The first kappa shape index (κ1) is 16.0. The number of rotatable bonds is 3. The summed E-state index contributed by atoms with van der Waals surface area (Å²) in [5.41, 5.74) is -2.10. The van der Waals surface area contributed by atoms with Crippen molar-refractivity contribution in [2.24, 2.45) is 0 Å². The molecule has 0 saturated carbocycles. The number of hydrogen-bond acceptors (Lipinski definition) is 4. The number of esters is 1. The molecule has 0 N–H and O–H groups in total. The Morgan fingerprint density at radius 3 is 2.50 bits per heavy atom. The average molecular weight is 315 g/mol. The molecule has 1 aliphatic heterocycles. The lowest BCUT2D eigenvalue weighted by atomic mass is 10.1. The van der Waals surface area contributed by atoms with E-state index in [4.69, 9.17) is 4.74 Å². The minimum Gasteiger partial charge on any atom is -0.464 e. The zero-order chi connectivity index (χ0) is 16.7. The molecule has 0 spiro atoms. The summed E-state index contributed by atoms with van der Waals surface area (Å²) < 4.78 is 44.1. The van der Waals surface area contributed by atoms with Gasteiger partial charge in [-0.15, -0.1) is 0 Å². The molecule has 0 bridgehead atoms. The molecule has 8 heteroatoms. The number of fused-ring (bicyclic) bond motifs is 1. The smallest absolute Gasteiger partial charge is 0.418 e. The fraction of sp³-hybridized carbons (Fsp3) is 0.357. The average Bonchev–Trinajstić information content (AvgIpc) is 2.69. The van der Waals surface area contributed by atoms with Gasteiger partial charge in [0.05, 0.1) is 23.4 Å². The molecule has 118 valence electrons. The Hall–Kier alpha value is -2.38. The highest BCUT2D eigenvalue weighted by atomic mass is 19.4. The normalized spacial score (nSPS) is 15.8. The number of ketones is 1. The van der Waals surface area contributed by atoms with Gasteiger partial charge in [0.25, 0.3) is 11.7 Å². The van der Waals surface area contributed by atoms with Crippen molar-refractivity contribution >= 4 is 23.3 Å². The van der Waals surface area contributed by atoms with Crippen LogP contribution in [0.15, 0.2) is 18.2 Å². The minimum atomic E-state index is -4.76. The molecular weight excluding hydrogens is 303 g/mol. The SMILES string of the molecule is CCOC(=O)C(C)N1C(=O)C(=O)c2cccc(C(F)(F)F)c21. The number of halogens is 3. The molecule has 0 fully saturated rings. The topological polar surface area (TPSA) is 63.7 Å². The van der Waals surface area contributed by atoms with Gasteiger partial charge < -0.3 is 4.74 Å². The van der Waals surface area contributed by atoms with Crippen molar-refractivity contribution in [1.82, 2.24) is 0 Å². The van der Waals surface area contributed by atoms with Crippen molar-refractivity contribution in [2.45, 2.75) is 26.1 Å². The van der Waals surface area contributed by atoms with Crippen LogP contribution in [0.1, 0.15) is 29.8 Å². The zero-order valence-electron chi connectivity index (χ0n) is 11.7. The van der Waals surface area contributed by atoms with Gasteiger partial charge in [-0.25, -0.2) is 4.79 Å². The largest absolute Gasteiger partial charge is 0.464 e. The van der Waals surface area contributed by atoms with Crippen LogP contribution in [0, 0.1) is 0 Å². The van der Waals surface area contributed by atoms with Crippen LogP contribution >= 0.6 is 0 Å². The molecule has 1 aromatic rings. The number of para-hydroxylation sites is 1. The zero-order valence-corrected chi connectivity index (χ0v) is 11.7. The molecule has 1 atom stereocenters. The van der Waals surface area contributed by atoms with Crippen LogP contribution in [0.5, 0.6) is 0 Å². The number of Topliss-reactive ketones (excluding diaryl/α,β-unsaturated/α-hetero) is 1. The lowest BCUT2D eigenvalue weighted by Crippen LogP contribution is -2.44. The predicted octanol–water partition coefficient (Wildman–Crippen LogP) is 2.19. The molecular formula is C14H12F3NO4. The number of hydrogen-bond donors (Lipinski definition) is 0. The van der Waals surface area contributed by atoms with E-state index >= 15 is 0 Å². The van der Waals surface area contributed by atoms with E-state index in [2.05, 4.69) is 0 Å². The number of ether oxygens (including phenoxy) is 1. The van der Waals surface area contributed by atoms with Crippen LogP contribution in [0.4, 0.5) is 18.9 Å². The third kappa shape index (κ3) is 2.44. The molecule has 2 rings (SSSR count). The fourth-order valence-electron chi connectivity index (χ4n) is 2.28. The Balaban J connectivity index is 2.59. The van der Waals surface area contributed by atoms with Crippen LogP contribution in [0.3, 0.4) is 0 Å². The van der Waals surface area contributed by atoms with Crippen LogP contribution in [0.2, 0.25) is 0 Å². The molecule has 0 radical (unpaired) electrons. The second-order valence-corrected chi connectivity index (χ2v) is 4.63. The Kier molecular flexibility index (Phi) is 3.95. The van der Waals surface area contributed by atoms with Gasteiger partial charge in [-0.3, -0.25) is 14.5 Å². The first-order valence-corrected chi connectivity index (χ1v) is 6.44. The fourth-order valence-corrected chi connectivity index (χ4v) is 2.28. The van der Waals surface area contributed by atoms with E-state index in [0.29, 0.717) is 4.90 Å². The van der Waals surface area contributed by atoms with E-state index < -0.39 is 41.1 Å². The van der Waals surface area contributed by atoms with Crippen LogP contribution < -0.4 is 4.90 Å². The molecule has 0 aromatic heterocycles. The van der Waals surface area contributed by atoms with E-state index in [1.54, 1.807) is 0 Å². The van der Waals surface area contributed by atoms with Gasteiger partial charge in [0.1, 0.15) is 6.04 Å². The van der Waals surface area contributed by atoms with Gasteiger partial charge in [0, 0.05) is 0 Å². The molecule has 5 nitrogen and oxygen atoms in total. The number of anilines is 1. The molecule has 1 aliphatic rings. The Morgan fingerprint density at radius 1 is 1.32 bits per heavy atom. The van der Waals surface area contributed by atoms with Gasteiger partial charge in [0.15, 0.2) is 0 Å². The van der Waals surface area contributed by atoms with Gasteiger partial charge in [-0.2, -0.15) is 13.2 Å². The highest BCUT2D eigenvalue weighted by molar-refractivity contribution is 6.53. The molecule has 1 unspecified atom stereocenters. The quantitative estimate of drug-likeness (QED) is 0.633. The van der Waals surface area contributed by atoms with Crippen LogP contribution in [-0.2, 0) is 20.5 Å². The number of carbonyl (C=O) groups is 3. The molecule has 0 aliphatic carbocycles. The van der Waals surface area contributed by atoms with Crippen molar-refractivity contribution in [3.63, 3.8) is 0 Å². The summed E-state index contributed by atoms with van der Waals surface area (Å²) in [6, 6.07) is 1.60. The monoisotopic (exact) mass is 315 g/mol. The summed E-state index contributed by atoms with van der Waals surface area (Å²) in [7, 11) is 0. The van der Waals surface area contributed by atoms with Gasteiger partial charge >= 0.3 is 12.1 Å².